The van der Waals surface area contributed by atoms with Gasteiger partial charge in [0.2, 0.25) is 10.0 Å². The van der Waals surface area contributed by atoms with Crippen LogP contribution in [0.4, 0.5) is 5.69 Å². The van der Waals surface area contributed by atoms with Gasteiger partial charge in [-0.3, -0.25) is 4.79 Å². The van der Waals surface area contributed by atoms with Crippen LogP contribution in [0.3, 0.4) is 0 Å². The van der Waals surface area contributed by atoms with Crippen molar-refractivity contribution < 1.29 is 22.7 Å². The maximum absolute atomic E-state index is 12.0. The van der Waals surface area contributed by atoms with Crippen molar-refractivity contribution in [1.82, 2.24) is 4.72 Å². The third-order valence-electron chi connectivity index (χ3n) is 3.23. The van der Waals surface area contributed by atoms with Crippen LogP contribution < -0.4 is 14.8 Å². The molecule has 0 unspecified atom stereocenters. The van der Waals surface area contributed by atoms with Gasteiger partial charge in [0, 0.05) is 22.9 Å². The summed E-state index contributed by atoms with van der Waals surface area (Å²) >= 11 is 2.18. The van der Waals surface area contributed by atoms with Crippen molar-refractivity contribution in [3.63, 3.8) is 0 Å². The Hall–Kier alpha value is -1.69. The molecule has 0 aromatic heterocycles. The van der Waals surface area contributed by atoms with Gasteiger partial charge in [-0.2, -0.15) is 0 Å². The molecule has 2 rings (SSSR count). The molecule has 0 aliphatic heterocycles. The van der Waals surface area contributed by atoms with Gasteiger partial charge < -0.3 is 14.8 Å². The van der Waals surface area contributed by atoms with Crippen LogP contribution >= 0.6 is 22.6 Å². The highest BCUT2D eigenvalue weighted by molar-refractivity contribution is 14.1. The quantitative estimate of drug-likeness (QED) is 0.416. The lowest BCUT2D eigenvalue weighted by atomic mass is 10.3. The van der Waals surface area contributed by atoms with E-state index < -0.39 is 10.0 Å². The lowest BCUT2D eigenvalue weighted by Gasteiger charge is -2.09. The maximum Gasteiger partial charge on any atom is 0.262 e. The van der Waals surface area contributed by atoms with Gasteiger partial charge in [-0.25, -0.2) is 13.1 Å². The molecule has 7 nitrogen and oxygen atoms in total. The largest absolute Gasteiger partial charge is 0.484 e. The topological polar surface area (TPSA) is 93.7 Å². The number of nitrogens with one attached hydrogen (secondary N) is 2. The van der Waals surface area contributed by atoms with Gasteiger partial charge in [-0.1, -0.05) is 0 Å². The normalized spacial score (nSPS) is 11.2. The number of amides is 1. The van der Waals surface area contributed by atoms with Gasteiger partial charge in [-0.15, -0.1) is 0 Å². The number of anilines is 1. The van der Waals surface area contributed by atoms with Crippen molar-refractivity contribution in [2.24, 2.45) is 0 Å². The predicted molar refractivity (Wildman–Crippen MR) is 107 cm³/mol. The first-order valence-corrected chi connectivity index (χ1v) is 10.2. The van der Waals surface area contributed by atoms with E-state index in [1.165, 1.54) is 31.4 Å². The zero-order valence-corrected chi connectivity index (χ0v) is 17.0. The van der Waals surface area contributed by atoms with E-state index in [1.54, 1.807) is 12.1 Å². The van der Waals surface area contributed by atoms with Crippen LogP contribution in [0.25, 0.3) is 0 Å². The van der Waals surface area contributed by atoms with E-state index >= 15 is 0 Å². The van der Waals surface area contributed by atoms with Gasteiger partial charge in [0.15, 0.2) is 6.61 Å². The van der Waals surface area contributed by atoms with E-state index in [4.69, 9.17) is 9.47 Å². The Bertz CT molecular complexity index is 823. The highest BCUT2D eigenvalue weighted by atomic mass is 127. The maximum atomic E-state index is 12.0. The Morgan fingerprint density at radius 3 is 2.35 bits per heavy atom. The number of sulfonamides is 1. The summed E-state index contributed by atoms with van der Waals surface area (Å²) in [5, 5.41) is 2.72. The number of carbonyl (C=O) groups excluding carboxylic acids is 1. The molecule has 0 heterocycles. The second-order valence-corrected chi connectivity index (χ2v) is 8.22. The zero-order chi connectivity index (χ0) is 19.0. The Morgan fingerprint density at radius 2 is 1.73 bits per heavy atom. The molecule has 0 aliphatic rings. The van der Waals surface area contributed by atoms with E-state index in [0.29, 0.717) is 11.4 Å². The molecular formula is C17H19IN2O5S. The molecule has 140 valence electrons. The number of hydrogen-bond donors (Lipinski definition) is 2. The van der Waals surface area contributed by atoms with Crippen LogP contribution in [-0.4, -0.2) is 41.2 Å². The van der Waals surface area contributed by atoms with Crippen molar-refractivity contribution in [3.8, 4) is 5.75 Å². The molecule has 0 radical (unpaired) electrons. The van der Waals surface area contributed by atoms with Crippen LogP contribution in [0.15, 0.2) is 53.4 Å². The number of carbonyl (C=O) groups is 1. The fourth-order valence-corrected chi connectivity index (χ4v) is 3.33. The minimum Gasteiger partial charge on any atom is -0.484 e. The SMILES string of the molecule is COCCNS(=O)(=O)c1ccc(OCC(=O)Nc2ccc(I)cc2)cc1. The standard InChI is InChI=1S/C17H19IN2O5S/c1-24-11-10-19-26(22,23)16-8-6-15(7-9-16)25-12-17(21)20-14-4-2-13(18)3-5-14/h2-9,19H,10-12H2,1H3,(H,20,21). The summed E-state index contributed by atoms with van der Waals surface area (Å²) in [6.45, 7) is 0.302. The summed E-state index contributed by atoms with van der Waals surface area (Å²) in [5.74, 6) is 0.0998. The van der Waals surface area contributed by atoms with Crippen molar-refractivity contribution in [1.29, 1.82) is 0 Å². The minimum absolute atomic E-state index is 0.115. The van der Waals surface area contributed by atoms with E-state index in [1.807, 2.05) is 12.1 Å². The summed E-state index contributed by atoms with van der Waals surface area (Å²) in [6.07, 6.45) is 0. The van der Waals surface area contributed by atoms with Crippen LogP contribution in [0.2, 0.25) is 0 Å². The average Bonchev–Trinajstić information content (AvgIpc) is 2.62. The van der Waals surface area contributed by atoms with Gasteiger partial charge in [0.05, 0.1) is 11.5 Å². The third kappa shape index (κ3) is 6.56. The van der Waals surface area contributed by atoms with Gasteiger partial charge >= 0.3 is 0 Å². The molecule has 9 heteroatoms. The average molecular weight is 490 g/mol. The third-order valence-corrected chi connectivity index (χ3v) is 5.43. The second-order valence-electron chi connectivity index (χ2n) is 5.21. The molecule has 0 atom stereocenters. The number of benzene rings is 2. The molecule has 0 saturated carbocycles. The summed E-state index contributed by atoms with van der Waals surface area (Å²) in [7, 11) is -2.10. The molecule has 0 spiro atoms. The lowest BCUT2D eigenvalue weighted by molar-refractivity contribution is -0.118. The van der Waals surface area contributed by atoms with Gasteiger partial charge in [0.1, 0.15) is 5.75 Å². The highest BCUT2D eigenvalue weighted by Crippen LogP contribution is 2.16. The number of halogens is 1. The molecule has 0 bridgehead atoms. The molecule has 2 aromatic rings. The molecule has 0 saturated heterocycles. The summed E-state index contributed by atoms with van der Waals surface area (Å²) < 4.78 is 37.8. The second kappa shape index (κ2) is 9.86. The number of methoxy groups -OCH3 is 1. The molecule has 2 N–H and O–H groups in total. The van der Waals surface area contributed by atoms with E-state index in [9.17, 15) is 13.2 Å². The van der Waals surface area contributed by atoms with E-state index in [0.717, 1.165) is 3.57 Å². The lowest BCUT2D eigenvalue weighted by Crippen LogP contribution is -2.27. The van der Waals surface area contributed by atoms with Crippen molar-refractivity contribution in [2.45, 2.75) is 4.90 Å². The first-order chi connectivity index (χ1) is 12.4. The van der Waals surface area contributed by atoms with Crippen molar-refractivity contribution in [3.05, 3.63) is 52.1 Å². The van der Waals surface area contributed by atoms with Crippen LogP contribution in [-0.2, 0) is 19.6 Å². The fraction of sp³-hybridized carbons (Fsp3) is 0.235. The Morgan fingerprint density at radius 1 is 1.08 bits per heavy atom. The van der Waals surface area contributed by atoms with E-state index in [-0.39, 0.29) is 30.6 Å². The molecule has 2 aromatic carbocycles. The van der Waals surface area contributed by atoms with Crippen LogP contribution in [0.5, 0.6) is 5.75 Å². The zero-order valence-electron chi connectivity index (χ0n) is 14.1. The Kier molecular flexibility index (Phi) is 7.82. The molecular weight excluding hydrogens is 471 g/mol. The molecule has 0 fully saturated rings. The minimum atomic E-state index is -3.59. The highest BCUT2D eigenvalue weighted by Gasteiger charge is 2.13. The number of rotatable bonds is 9. The summed E-state index contributed by atoms with van der Waals surface area (Å²) in [6, 6.07) is 13.2. The number of hydrogen-bond acceptors (Lipinski definition) is 5. The molecule has 26 heavy (non-hydrogen) atoms. The van der Waals surface area contributed by atoms with Crippen LogP contribution in [0, 0.1) is 3.57 Å². The monoisotopic (exact) mass is 490 g/mol. The Labute approximate surface area is 166 Å². The van der Waals surface area contributed by atoms with Gasteiger partial charge in [0.25, 0.3) is 5.91 Å². The molecule has 0 aliphatic carbocycles. The van der Waals surface area contributed by atoms with Crippen molar-refractivity contribution >= 4 is 44.2 Å². The predicted octanol–water partition coefficient (Wildman–Crippen LogP) is 2.23. The Balaban J connectivity index is 1.86. The van der Waals surface area contributed by atoms with Crippen LogP contribution in [0.1, 0.15) is 0 Å². The number of ether oxygens (including phenoxy) is 2. The van der Waals surface area contributed by atoms with E-state index in [2.05, 4.69) is 32.6 Å². The van der Waals surface area contributed by atoms with Crippen molar-refractivity contribution in [2.75, 3.05) is 32.2 Å². The molecule has 1 amide bonds. The first kappa shape index (κ1) is 20.6. The van der Waals surface area contributed by atoms with Gasteiger partial charge in [-0.05, 0) is 71.1 Å². The smallest absolute Gasteiger partial charge is 0.262 e. The first-order valence-electron chi connectivity index (χ1n) is 7.67. The summed E-state index contributed by atoms with van der Waals surface area (Å²) in [4.78, 5) is 12.0. The summed E-state index contributed by atoms with van der Waals surface area (Å²) in [5.41, 5.74) is 0.683. The fourth-order valence-electron chi connectivity index (χ4n) is 1.96.